The van der Waals surface area contributed by atoms with Gasteiger partial charge in [0.15, 0.2) is 0 Å². The van der Waals surface area contributed by atoms with Crippen molar-refractivity contribution in [2.75, 3.05) is 19.6 Å². The van der Waals surface area contributed by atoms with Gasteiger partial charge >= 0.3 is 5.97 Å². The van der Waals surface area contributed by atoms with E-state index in [1.165, 1.54) is 0 Å². The summed E-state index contributed by atoms with van der Waals surface area (Å²) in [6.45, 7) is 10.6. The zero-order valence-electron chi connectivity index (χ0n) is 10.7. The molecule has 0 saturated heterocycles. The van der Waals surface area contributed by atoms with Gasteiger partial charge in [-0.25, -0.2) is 0 Å². The molecule has 0 amide bonds. The molecule has 1 atom stereocenters. The predicted molar refractivity (Wildman–Crippen MR) is 65.5 cm³/mol. The molecular formula is C11H25N3O2. The van der Waals surface area contributed by atoms with Gasteiger partial charge in [-0.15, -0.1) is 0 Å². The van der Waals surface area contributed by atoms with Crippen LogP contribution in [0.25, 0.3) is 0 Å². The van der Waals surface area contributed by atoms with Crippen molar-refractivity contribution in [3.63, 3.8) is 0 Å². The maximum Gasteiger partial charge on any atom is 0.321 e. The van der Waals surface area contributed by atoms with E-state index in [2.05, 4.69) is 37.9 Å². The van der Waals surface area contributed by atoms with E-state index in [1.54, 1.807) is 0 Å². The van der Waals surface area contributed by atoms with Crippen LogP contribution in [-0.2, 0) is 4.79 Å². The average Bonchev–Trinajstić information content (AvgIpc) is 2.15. The van der Waals surface area contributed by atoms with Gasteiger partial charge in [0.2, 0.25) is 0 Å². The van der Waals surface area contributed by atoms with E-state index in [0.717, 1.165) is 13.1 Å². The van der Waals surface area contributed by atoms with Crippen LogP contribution in [0.4, 0.5) is 0 Å². The van der Waals surface area contributed by atoms with Gasteiger partial charge in [0.05, 0.1) is 0 Å². The molecule has 96 valence electrons. The molecule has 16 heavy (non-hydrogen) atoms. The van der Waals surface area contributed by atoms with Crippen LogP contribution in [0.1, 0.15) is 27.7 Å². The van der Waals surface area contributed by atoms with E-state index in [9.17, 15) is 4.79 Å². The van der Waals surface area contributed by atoms with E-state index >= 15 is 0 Å². The molecule has 0 heterocycles. The summed E-state index contributed by atoms with van der Waals surface area (Å²) < 4.78 is 0. The monoisotopic (exact) mass is 231 g/mol. The highest BCUT2D eigenvalue weighted by Gasteiger charge is 2.13. The average molecular weight is 231 g/mol. The number of nitrogens with one attached hydrogen (secondary N) is 1. The molecule has 0 aromatic heterocycles. The van der Waals surface area contributed by atoms with Crippen molar-refractivity contribution in [1.29, 1.82) is 0 Å². The van der Waals surface area contributed by atoms with Gasteiger partial charge in [0.1, 0.15) is 6.04 Å². The van der Waals surface area contributed by atoms with Crippen LogP contribution in [0.15, 0.2) is 0 Å². The van der Waals surface area contributed by atoms with Crippen LogP contribution in [0.5, 0.6) is 0 Å². The highest BCUT2D eigenvalue weighted by molar-refractivity contribution is 5.73. The summed E-state index contributed by atoms with van der Waals surface area (Å²) in [7, 11) is 0. The number of rotatable bonds is 8. The Morgan fingerprint density at radius 3 is 2.19 bits per heavy atom. The van der Waals surface area contributed by atoms with E-state index < -0.39 is 12.0 Å². The Balaban J connectivity index is 3.75. The summed E-state index contributed by atoms with van der Waals surface area (Å²) in [5.41, 5.74) is 5.38. The van der Waals surface area contributed by atoms with Gasteiger partial charge in [-0.3, -0.25) is 9.69 Å². The van der Waals surface area contributed by atoms with Gasteiger partial charge < -0.3 is 16.2 Å². The van der Waals surface area contributed by atoms with E-state index in [4.69, 9.17) is 10.8 Å². The summed E-state index contributed by atoms with van der Waals surface area (Å²) in [5.74, 6) is -0.961. The van der Waals surface area contributed by atoms with Crippen molar-refractivity contribution < 1.29 is 9.90 Å². The third-order valence-corrected chi connectivity index (χ3v) is 2.55. The van der Waals surface area contributed by atoms with Crippen LogP contribution < -0.4 is 11.1 Å². The topological polar surface area (TPSA) is 78.6 Å². The lowest BCUT2D eigenvalue weighted by molar-refractivity contribution is -0.138. The maximum absolute atomic E-state index is 10.5. The highest BCUT2D eigenvalue weighted by Crippen LogP contribution is 2.02. The Morgan fingerprint density at radius 1 is 1.31 bits per heavy atom. The second-order valence-corrected chi connectivity index (χ2v) is 4.57. The number of carboxylic acids is 1. The first-order valence-electron chi connectivity index (χ1n) is 5.81. The molecule has 0 aliphatic rings. The first-order chi connectivity index (χ1) is 7.36. The van der Waals surface area contributed by atoms with E-state index in [1.807, 2.05) is 0 Å². The summed E-state index contributed by atoms with van der Waals surface area (Å²) in [5, 5.41) is 11.7. The van der Waals surface area contributed by atoms with Crippen molar-refractivity contribution in [2.24, 2.45) is 5.73 Å². The van der Waals surface area contributed by atoms with Crippen LogP contribution >= 0.6 is 0 Å². The standard InChI is InChI=1S/C11H25N3O2/c1-8(2)14(9(3)4)6-5-13-7-10(12)11(15)16/h8-10,13H,5-7,12H2,1-4H3,(H,15,16). The van der Waals surface area contributed by atoms with Gasteiger partial charge in [-0.1, -0.05) is 0 Å². The smallest absolute Gasteiger partial charge is 0.321 e. The Kier molecular flexibility index (Phi) is 7.29. The zero-order valence-corrected chi connectivity index (χ0v) is 10.7. The van der Waals surface area contributed by atoms with Crippen molar-refractivity contribution in [1.82, 2.24) is 10.2 Å². The minimum absolute atomic E-state index is 0.319. The molecule has 0 radical (unpaired) electrons. The SMILES string of the molecule is CC(C)N(CCNCC(N)C(=O)O)C(C)C. The van der Waals surface area contributed by atoms with E-state index in [-0.39, 0.29) is 0 Å². The van der Waals surface area contributed by atoms with Gasteiger partial charge in [-0.05, 0) is 27.7 Å². The fourth-order valence-electron chi connectivity index (χ4n) is 1.67. The van der Waals surface area contributed by atoms with Gasteiger partial charge in [0.25, 0.3) is 0 Å². The number of hydrogen-bond donors (Lipinski definition) is 3. The first kappa shape index (κ1) is 15.3. The Morgan fingerprint density at radius 2 is 1.81 bits per heavy atom. The largest absolute Gasteiger partial charge is 0.480 e. The second kappa shape index (κ2) is 7.60. The molecule has 0 saturated carbocycles. The number of aliphatic carboxylic acids is 1. The molecule has 1 unspecified atom stereocenters. The predicted octanol–water partition coefficient (Wildman–Crippen LogP) is 0.107. The van der Waals surface area contributed by atoms with Crippen molar-refractivity contribution in [3.8, 4) is 0 Å². The lowest BCUT2D eigenvalue weighted by Crippen LogP contribution is -2.45. The summed E-state index contributed by atoms with van der Waals surface area (Å²) >= 11 is 0. The number of carboxylic acid groups (broad SMARTS) is 1. The normalized spacial score (nSPS) is 13.8. The molecule has 0 fully saturated rings. The van der Waals surface area contributed by atoms with Crippen LogP contribution in [0, 0.1) is 0 Å². The molecule has 5 nitrogen and oxygen atoms in total. The van der Waals surface area contributed by atoms with Crippen molar-refractivity contribution in [3.05, 3.63) is 0 Å². The molecule has 0 aromatic carbocycles. The molecule has 5 heteroatoms. The zero-order chi connectivity index (χ0) is 12.7. The van der Waals surface area contributed by atoms with Crippen molar-refractivity contribution >= 4 is 5.97 Å². The maximum atomic E-state index is 10.5. The molecule has 0 rings (SSSR count). The molecule has 0 bridgehead atoms. The van der Waals surface area contributed by atoms with Crippen molar-refractivity contribution in [2.45, 2.75) is 45.8 Å². The Labute approximate surface area is 98.0 Å². The first-order valence-corrected chi connectivity index (χ1v) is 5.81. The number of nitrogens with zero attached hydrogens (tertiary/aromatic N) is 1. The minimum Gasteiger partial charge on any atom is -0.480 e. The number of hydrogen-bond acceptors (Lipinski definition) is 4. The van der Waals surface area contributed by atoms with E-state index in [0.29, 0.717) is 18.6 Å². The molecular weight excluding hydrogens is 206 g/mol. The molecule has 0 aliphatic heterocycles. The van der Waals surface area contributed by atoms with Crippen LogP contribution in [-0.4, -0.2) is 53.7 Å². The van der Waals surface area contributed by atoms with Crippen LogP contribution in [0.3, 0.4) is 0 Å². The molecule has 0 aliphatic carbocycles. The van der Waals surface area contributed by atoms with Gasteiger partial charge in [-0.2, -0.15) is 0 Å². The summed E-state index contributed by atoms with van der Waals surface area (Å²) in [4.78, 5) is 12.8. The lowest BCUT2D eigenvalue weighted by Gasteiger charge is -2.30. The quantitative estimate of drug-likeness (QED) is 0.517. The van der Waals surface area contributed by atoms with Gasteiger partial charge in [0, 0.05) is 31.7 Å². The molecule has 4 N–H and O–H groups in total. The minimum atomic E-state index is -0.961. The second-order valence-electron chi connectivity index (χ2n) is 4.57. The fraction of sp³-hybridized carbons (Fsp3) is 0.909. The third kappa shape index (κ3) is 6.05. The molecule has 0 spiro atoms. The van der Waals surface area contributed by atoms with Crippen LogP contribution in [0.2, 0.25) is 0 Å². The summed E-state index contributed by atoms with van der Waals surface area (Å²) in [6, 6.07) is 0.177. The Hall–Kier alpha value is -0.650. The number of nitrogens with two attached hydrogens (primary N) is 1. The fourth-order valence-corrected chi connectivity index (χ4v) is 1.67. The lowest BCUT2D eigenvalue weighted by atomic mass is 10.2. The highest BCUT2D eigenvalue weighted by atomic mass is 16.4. The Bertz CT molecular complexity index is 199. The molecule has 0 aromatic rings. The number of carbonyl (C=O) groups is 1. The summed E-state index contributed by atoms with van der Waals surface area (Å²) in [6.07, 6.45) is 0. The third-order valence-electron chi connectivity index (χ3n) is 2.55.